The lowest BCUT2D eigenvalue weighted by molar-refractivity contribution is 0.557. The summed E-state index contributed by atoms with van der Waals surface area (Å²) >= 11 is 1.72. The molecule has 0 bridgehead atoms. The second-order valence-electron chi connectivity index (χ2n) is 4.20. The number of aryl methyl sites for hydroxylation is 1. The maximum atomic E-state index is 4.16. The topological polar surface area (TPSA) is 24.9 Å². The summed E-state index contributed by atoms with van der Waals surface area (Å²) in [5, 5.41) is 3.52. The minimum Gasteiger partial charge on any atom is -0.309 e. The van der Waals surface area contributed by atoms with Gasteiger partial charge in [0.15, 0.2) is 0 Å². The third kappa shape index (κ3) is 3.38. The molecule has 3 heteroatoms. The molecule has 17 heavy (non-hydrogen) atoms. The number of aromatic nitrogens is 1. The van der Waals surface area contributed by atoms with Gasteiger partial charge in [0.2, 0.25) is 0 Å². The first kappa shape index (κ1) is 12.3. The summed E-state index contributed by atoms with van der Waals surface area (Å²) in [5.74, 6) is 0. The van der Waals surface area contributed by atoms with E-state index in [1.165, 1.54) is 16.0 Å². The molecule has 1 aromatic heterocycles. The minimum absolute atomic E-state index is 0.384. The van der Waals surface area contributed by atoms with Crippen molar-refractivity contribution in [3.05, 3.63) is 52.0 Å². The molecule has 0 aliphatic heterocycles. The van der Waals surface area contributed by atoms with E-state index < -0.39 is 0 Å². The molecular formula is C14H18N2S. The normalized spacial score (nSPS) is 12.6. The number of likely N-dealkylation sites (N-methyl/N-ethyl adjacent to an activating group) is 1. The van der Waals surface area contributed by atoms with Crippen molar-refractivity contribution >= 4 is 11.3 Å². The molecule has 2 rings (SSSR count). The molecule has 0 amide bonds. The zero-order valence-corrected chi connectivity index (χ0v) is 11.1. The van der Waals surface area contributed by atoms with Gasteiger partial charge in [0.05, 0.1) is 5.51 Å². The third-order valence-electron chi connectivity index (χ3n) is 2.81. The van der Waals surface area contributed by atoms with Crippen LogP contribution in [0.25, 0.3) is 0 Å². The van der Waals surface area contributed by atoms with Gasteiger partial charge in [-0.25, -0.2) is 0 Å². The van der Waals surface area contributed by atoms with E-state index in [0.717, 1.165) is 13.0 Å². The SMILES string of the molecule is CCNC(Cc1ccc(C)cc1)c1cncs1. The van der Waals surface area contributed by atoms with Gasteiger partial charge in [0.1, 0.15) is 0 Å². The molecule has 0 saturated carbocycles. The molecule has 0 saturated heterocycles. The van der Waals surface area contributed by atoms with Crippen molar-refractivity contribution in [1.29, 1.82) is 0 Å². The highest BCUT2D eigenvalue weighted by Crippen LogP contribution is 2.21. The van der Waals surface area contributed by atoms with Crippen LogP contribution in [0.1, 0.15) is 29.0 Å². The van der Waals surface area contributed by atoms with Gasteiger partial charge in [-0.3, -0.25) is 4.98 Å². The van der Waals surface area contributed by atoms with Crippen molar-refractivity contribution in [2.45, 2.75) is 26.3 Å². The summed E-state index contributed by atoms with van der Waals surface area (Å²) in [7, 11) is 0. The molecule has 1 unspecified atom stereocenters. The van der Waals surface area contributed by atoms with Gasteiger partial charge < -0.3 is 5.32 Å². The van der Waals surface area contributed by atoms with Crippen molar-refractivity contribution in [2.75, 3.05) is 6.54 Å². The Morgan fingerprint density at radius 2 is 2.06 bits per heavy atom. The van der Waals surface area contributed by atoms with Crippen molar-refractivity contribution in [1.82, 2.24) is 10.3 Å². The van der Waals surface area contributed by atoms with E-state index in [1.807, 2.05) is 11.7 Å². The number of benzene rings is 1. The smallest absolute Gasteiger partial charge is 0.0794 e. The first-order valence-electron chi connectivity index (χ1n) is 5.97. The van der Waals surface area contributed by atoms with Crippen LogP contribution < -0.4 is 5.32 Å². The number of thiazole rings is 1. The van der Waals surface area contributed by atoms with Crippen LogP contribution in [0.5, 0.6) is 0 Å². The Kier molecular flexibility index (Phi) is 4.29. The Labute approximate surface area is 107 Å². The number of rotatable bonds is 5. The van der Waals surface area contributed by atoms with Crippen LogP contribution in [0, 0.1) is 6.92 Å². The highest BCUT2D eigenvalue weighted by atomic mass is 32.1. The molecule has 1 N–H and O–H groups in total. The summed E-state index contributed by atoms with van der Waals surface area (Å²) in [4.78, 5) is 5.47. The highest BCUT2D eigenvalue weighted by Gasteiger charge is 2.12. The summed E-state index contributed by atoms with van der Waals surface area (Å²) in [5.41, 5.74) is 4.58. The van der Waals surface area contributed by atoms with E-state index in [-0.39, 0.29) is 0 Å². The van der Waals surface area contributed by atoms with Gasteiger partial charge in [-0.1, -0.05) is 36.8 Å². The van der Waals surface area contributed by atoms with Crippen LogP contribution in [-0.2, 0) is 6.42 Å². The monoisotopic (exact) mass is 246 g/mol. The van der Waals surface area contributed by atoms with Gasteiger partial charge in [-0.2, -0.15) is 0 Å². The molecular weight excluding hydrogens is 228 g/mol. The molecule has 1 heterocycles. The van der Waals surface area contributed by atoms with E-state index in [2.05, 4.69) is 48.4 Å². The molecule has 1 atom stereocenters. The predicted octanol–water partition coefficient (Wildman–Crippen LogP) is 3.34. The number of hydrogen-bond donors (Lipinski definition) is 1. The van der Waals surface area contributed by atoms with E-state index in [0.29, 0.717) is 6.04 Å². The Hall–Kier alpha value is -1.19. The summed E-state index contributed by atoms with van der Waals surface area (Å²) in [6.45, 7) is 5.24. The maximum absolute atomic E-state index is 4.16. The molecule has 2 nitrogen and oxygen atoms in total. The first-order chi connectivity index (χ1) is 8.29. The molecule has 0 aliphatic carbocycles. The Balaban J connectivity index is 2.10. The van der Waals surface area contributed by atoms with Gasteiger partial charge in [-0.05, 0) is 25.5 Å². The number of nitrogens with one attached hydrogen (secondary N) is 1. The molecule has 90 valence electrons. The van der Waals surface area contributed by atoms with Crippen LogP contribution in [0.3, 0.4) is 0 Å². The van der Waals surface area contributed by atoms with Crippen molar-refractivity contribution in [2.24, 2.45) is 0 Å². The number of nitrogens with zero attached hydrogens (tertiary/aromatic N) is 1. The lowest BCUT2D eigenvalue weighted by atomic mass is 10.0. The average Bonchev–Trinajstić information content (AvgIpc) is 2.85. The fourth-order valence-corrected chi connectivity index (χ4v) is 2.57. The van der Waals surface area contributed by atoms with Crippen LogP contribution >= 0.6 is 11.3 Å². The largest absolute Gasteiger partial charge is 0.309 e. The predicted molar refractivity (Wildman–Crippen MR) is 73.4 cm³/mol. The first-order valence-corrected chi connectivity index (χ1v) is 6.85. The second kappa shape index (κ2) is 5.94. The third-order valence-corrected chi connectivity index (χ3v) is 3.70. The van der Waals surface area contributed by atoms with Crippen LogP contribution in [0.4, 0.5) is 0 Å². The highest BCUT2D eigenvalue weighted by molar-refractivity contribution is 7.09. The summed E-state index contributed by atoms with van der Waals surface area (Å²) < 4.78 is 0. The lowest BCUT2D eigenvalue weighted by Crippen LogP contribution is -2.22. The van der Waals surface area contributed by atoms with Gasteiger partial charge >= 0.3 is 0 Å². The molecule has 0 spiro atoms. The fraction of sp³-hybridized carbons (Fsp3) is 0.357. The standard InChI is InChI=1S/C14H18N2S/c1-3-16-13(14-9-15-10-17-14)8-12-6-4-11(2)5-7-12/h4-7,9-10,13,16H,3,8H2,1-2H3. The zero-order chi connectivity index (χ0) is 12.1. The van der Waals surface area contributed by atoms with E-state index >= 15 is 0 Å². The van der Waals surface area contributed by atoms with Gasteiger partial charge in [0.25, 0.3) is 0 Å². The second-order valence-corrected chi connectivity index (χ2v) is 5.12. The van der Waals surface area contributed by atoms with Gasteiger partial charge in [-0.15, -0.1) is 11.3 Å². The van der Waals surface area contributed by atoms with Crippen molar-refractivity contribution in [3.63, 3.8) is 0 Å². The van der Waals surface area contributed by atoms with E-state index in [4.69, 9.17) is 0 Å². The Bertz CT molecular complexity index is 434. The minimum atomic E-state index is 0.384. The molecule has 0 aliphatic rings. The molecule has 0 radical (unpaired) electrons. The molecule has 1 aromatic carbocycles. The summed E-state index contributed by atoms with van der Waals surface area (Å²) in [6.07, 6.45) is 2.99. The summed E-state index contributed by atoms with van der Waals surface area (Å²) in [6, 6.07) is 9.15. The van der Waals surface area contributed by atoms with Crippen molar-refractivity contribution in [3.8, 4) is 0 Å². The Morgan fingerprint density at radius 1 is 1.29 bits per heavy atom. The average molecular weight is 246 g/mol. The zero-order valence-electron chi connectivity index (χ0n) is 10.3. The Morgan fingerprint density at radius 3 is 2.65 bits per heavy atom. The van der Waals surface area contributed by atoms with Crippen molar-refractivity contribution < 1.29 is 0 Å². The maximum Gasteiger partial charge on any atom is 0.0794 e. The van der Waals surface area contributed by atoms with Crippen LogP contribution in [0.2, 0.25) is 0 Å². The van der Waals surface area contributed by atoms with Crippen LogP contribution in [-0.4, -0.2) is 11.5 Å². The lowest BCUT2D eigenvalue weighted by Gasteiger charge is -2.16. The molecule has 0 fully saturated rings. The molecule has 2 aromatic rings. The van der Waals surface area contributed by atoms with Gasteiger partial charge in [0, 0.05) is 17.1 Å². The fourth-order valence-electron chi connectivity index (χ4n) is 1.88. The number of hydrogen-bond acceptors (Lipinski definition) is 3. The van der Waals surface area contributed by atoms with E-state index in [9.17, 15) is 0 Å². The van der Waals surface area contributed by atoms with Crippen LogP contribution in [0.15, 0.2) is 36.0 Å². The quantitative estimate of drug-likeness (QED) is 0.875. The van der Waals surface area contributed by atoms with E-state index in [1.54, 1.807) is 11.3 Å².